The number of carbonyl (C=O) groups is 3. The number of rotatable bonds is 13. The Balaban J connectivity index is 1.30. The molecular formula is C34H30N4O6S3. The van der Waals surface area contributed by atoms with Gasteiger partial charge < -0.3 is 30.2 Å². The maximum Gasteiger partial charge on any atom is 0.272 e. The van der Waals surface area contributed by atoms with Gasteiger partial charge in [-0.15, -0.1) is 34.4 Å². The third-order valence-electron chi connectivity index (χ3n) is 6.51. The quantitative estimate of drug-likeness (QED) is 0.0890. The van der Waals surface area contributed by atoms with Gasteiger partial charge in [-0.1, -0.05) is 30.3 Å². The van der Waals surface area contributed by atoms with E-state index in [1.54, 1.807) is 72.0 Å². The smallest absolute Gasteiger partial charge is 0.272 e. The number of methoxy groups -OCH3 is 3. The molecule has 5 aromatic rings. The van der Waals surface area contributed by atoms with Crippen LogP contribution >= 0.6 is 34.4 Å². The summed E-state index contributed by atoms with van der Waals surface area (Å²) in [7, 11) is 4.48. The van der Waals surface area contributed by atoms with Crippen molar-refractivity contribution < 1.29 is 28.6 Å². The van der Waals surface area contributed by atoms with Crippen molar-refractivity contribution in [2.24, 2.45) is 0 Å². The zero-order chi connectivity index (χ0) is 33.2. The topological polar surface area (TPSA) is 128 Å². The van der Waals surface area contributed by atoms with Gasteiger partial charge in [-0.2, -0.15) is 0 Å². The average Bonchev–Trinajstić information content (AvgIpc) is 3.80. The predicted molar refractivity (Wildman–Crippen MR) is 188 cm³/mol. The summed E-state index contributed by atoms with van der Waals surface area (Å²) < 4.78 is 16.3. The lowest BCUT2D eigenvalue weighted by atomic mass is 10.1. The Morgan fingerprint density at radius 3 is 2.30 bits per heavy atom. The van der Waals surface area contributed by atoms with Crippen LogP contribution in [0.4, 0.5) is 10.8 Å². The highest BCUT2D eigenvalue weighted by Crippen LogP contribution is 2.38. The molecule has 3 amide bonds. The van der Waals surface area contributed by atoms with Gasteiger partial charge in [0.1, 0.15) is 5.70 Å². The summed E-state index contributed by atoms with van der Waals surface area (Å²) in [6.45, 7) is 0. The number of aromatic nitrogens is 1. The molecule has 2 aromatic heterocycles. The van der Waals surface area contributed by atoms with Crippen LogP contribution in [0.3, 0.4) is 0 Å². The Bertz CT molecular complexity index is 1870. The molecule has 0 spiro atoms. The second-order valence-electron chi connectivity index (χ2n) is 9.67. The Hall–Kier alpha value is -5.11. The summed E-state index contributed by atoms with van der Waals surface area (Å²) in [4.78, 5) is 45.7. The van der Waals surface area contributed by atoms with Crippen LogP contribution in [0.5, 0.6) is 17.2 Å². The summed E-state index contributed by atoms with van der Waals surface area (Å²) >= 11 is 4.27. The van der Waals surface area contributed by atoms with Crippen molar-refractivity contribution in [3.8, 4) is 27.8 Å². The average molecular weight is 687 g/mol. The molecule has 0 aliphatic carbocycles. The predicted octanol–water partition coefficient (Wildman–Crippen LogP) is 7.04. The Morgan fingerprint density at radius 2 is 1.62 bits per heavy atom. The molecule has 0 atom stereocenters. The first-order chi connectivity index (χ1) is 22.9. The van der Waals surface area contributed by atoms with Crippen LogP contribution in [-0.4, -0.2) is 49.8 Å². The third-order valence-corrected chi connectivity index (χ3v) is 9.16. The van der Waals surface area contributed by atoms with E-state index < -0.39 is 11.8 Å². The number of carbonyl (C=O) groups excluding carboxylic acids is 3. The first-order valence-corrected chi connectivity index (χ1v) is 16.8. The number of hydrogen-bond donors (Lipinski definition) is 3. The van der Waals surface area contributed by atoms with Crippen LogP contribution in [0.1, 0.15) is 15.9 Å². The number of thioether (sulfide) groups is 1. The second-order valence-corrected chi connectivity index (χ2v) is 12.5. The van der Waals surface area contributed by atoms with Crippen molar-refractivity contribution in [2.45, 2.75) is 4.90 Å². The molecule has 0 aliphatic rings. The van der Waals surface area contributed by atoms with E-state index in [2.05, 4.69) is 20.9 Å². The van der Waals surface area contributed by atoms with Crippen LogP contribution in [-0.2, 0) is 9.59 Å². The molecule has 3 N–H and O–H groups in total. The summed E-state index contributed by atoms with van der Waals surface area (Å²) in [5.41, 5.74) is 2.20. The van der Waals surface area contributed by atoms with E-state index in [0.29, 0.717) is 39.2 Å². The summed E-state index contributed by atoms with van der Waals surface area (Å²) in [5.74, 6) is 0.0911. The first kappa shape index (κ1) is 33.3. The van der Waals surface area contributed by atoms with Crippen molar-refractivity contribution in [1.29, 1.82) is 0 Å². The highest BCUT2D eigenvalue weighted by molar-refractivity contribution is 8.00. The minimum Gasteiger partial charge on any atom is -0.493 e. The fourth-order valence-corrected chi connectivity index (χ4v) is 6.57. The van der Waals surface area contributed by atoms with Crippen LogP contribution < -0.4 is 30.2 Å². The summed E-state index contributed by atoms with van der Waals surface area (Å²) in [6.07, 6.45) is 1.52. The molecule has 0 unspecified atom stereocenters. The van der Waals surface area contributed by atoms with E-state index in [0.717, 1.165) is 15.5 Å². The van der Waals surface area contributed by atoms with E-state index in [4.69, 9.17) is 14.2 Å². The molecule has 0 radical (unpaired) electrons. The highest BCUT2D eigenvalue weighted by Gasteiger charge is 2.18. The molecule has 3 aromatic carbocycles. The second kappa shape index (κ2) is 15.9. The number of anilines is 2. The molecule has 0 bridgehead atoms. The number of thiazole rings is 1. The van der Waals surface area contributed by atoms with Crippen molar-refractivity contribution >= 4 is 69.1 Å². The van der Waals surface area contributed by atoms with Crippen molar-refractivity contribution in [3.63, 3.8) is 0 Å². The monoisotopic (exact) mass is 686 g/mol. The molecule has 2 heterocycles. The number of thiophene rings is 1. The van der Waals surface area contributed by atoms with Crippen molar-refractivity contribution in [2.75, 3.05) is 37.7 Å². The molecule has 0 fully saturated rings. The van der Waals surface area contributed by atoms with E-state index >= 15 is 0 Å². The van der Waals surface area contributed by atoms with Crippen LogP contribution in [0.2, 0.25) is 0 Å². The summed E-state index contributed by atoms with van der Waals surface area (Å²) in [5, 5.41) is 12.8. The molecule has 0 saturated carbocycles. The molecule has 5 rings (SSSR count). The zero-order valence-electron chi connectivity index (χ0n) is 25.6. The lowest BCUT2D eigenvalue weighted by Crippen LogP contribution is -2.30. The first-order valence-electron chi connectivity index (χ1n) is 14.1. The lowest BCUT2D eigenvalue weighted by molar-refractivity contribution is -0.114. The SMILES string of the molecule is COc1cc(/C=C(/NC(=O)c2ccccc2)C(=O)Nc2cccc(SCC(=O)Nc3nc(-c4cccs4)cs3)c2)cc(OC)c1OC. The highest BCUT2D eigenvalue weighted by atomic mass is 32.2. The van der Waals surface area contributed by atoms with Gasteiger partial charge in [-0.3, -0.25) is 14.4 Å². The minimum atomic E-state index is -0.562. The Morgan fingerprint density at radius 1 is 0.851 bits per heavy atom. The Labute approximate surface area is 283 Å². The molecule has 10 nitrogen and oxygen atoms in total. The molecule has 47 heavy (non-hydrogen) atoms. The standard InChI is InChI=1S/C34H30N4O6S3/c1-42-27-16-21(17-28(43-2)31(27)44-3)15-25(36-32(40)22-9-5-4-6-10-22)33(41)35-23-11-7-12-24(18-23)46-20-30(39)38-34-37-26(19-47-34)29-13-8-14-45-29/h4-19H,20H2,1-3H3,(H,35,41)(H,36,40)(H,37,38,39)/b25-15+. The third kappa shape index (κ3) is 8.79. The molecule has 0 saturated heterocycles. The maximum atomic E-state index is 13.6. The fourth-order valence-electron chi connectivity index (χ4n) is 4.33. The molecule has 240 valence electrons. The van der Waals surface area contributed by atoms with E-state index in [-0.39, 0.29) is 17.4 Å². The van der Waals surface area contributed by atoms with Crippen molar-refractivity contribution in [1.82, 2.24) is 10.3 Å². The van der Waals surface area contributed by atoms with Gasteiger partial charge in [0.15, 0.2) is 16.6 Å². The number of nitrogens with zero attached hydrogens (tertiary/aromatic N) is 1. The normalized spacial score (nSPS) is 11.0. The largest absolute Gasteiger partial charge is 0.493 e. The van der Waals surface area contributed by atoms with Crippen LogP contribution in [0.25, 0.3) is 16.6 Å². The molecular weight excluding hydrogens is 657 g/mol. The lowest BCUT2D eigenvalue weighted by Gasteiger charge is -2.15. The number of amides is 3. The van der Waals surface area contributed by atoms with E-state index in [1.165, 1.54) is 50.5 Å². The van der Waals surface area contributed by atoms with Gasteiger partial charge in [0.25, 0.3) is 11.8 Å². The van der Waals surface area contributed by atoms with E-state index in [9.17, 15) is 14.4 Å². The van der Waals surface area contributed by atoms with Gasteiger partial charge in [-0.25, -0.2) is 4.98 Å². The number of benzene rings is 3. The zero-order valence-corrected chi connectivity index (χ0v) is 28.0. The maximum absolute atomic E-state index is 13.6. The van der Waals surface area contributed by atoms with Gasteiger partial charge in [0.2, 0.25) is 11.7 Å². The van der Waals surface area contributed by atoms with Gasteiger partial charge in [-0.05, 0) is 65.6 Å². The van der Waals surface area contributed by atoms with Gasteiger partial charge in [0, 0.05) is 21.5 Å². The van der Waals surface area contributed by atoms with E-state index in [1.807, 2.05) is 29.0 Å². The fraction of sp³-hybridized carbons (Fsp3) is 0.118. The number of ether oxygens (including phenoxy) is 3. The molecule has 13 heteroatoms. The molecule has 0 aliphatic heterocycles. The Kier molecular flexibility index (Phi) is 11.3. The minimum absolute atomic E-state index is 0.0177. The van der Waals surface area contributed by atoms with Gasteiger partial charge in [0.05, 0.1) is 37.7 Å². The number of hydrogen-bond acceptors (Lipinski definition) is 10. The van der Waals surface area contributed by atoms with Crippen LogP contribution in [0, 0.1) is 0 Å². The summed E-state index contributed by atoms with van der Waals surface area (Å²) in [6, 6.07) is 22.9. The number of nitrogens with one attached hydrogen (secondary N) is 3. The van der Waals surface area contributed by atoms with Crippen molar-refractivity contribution in [3.05, 3.63) is 106 Å². The van der Waals surface area contributed by atoms with Gasteiger partial charge >= 0.3 is 0 Å². The van der Waals surface area contributed by atoms with Crippen LogP contribution in [0.15, 0.2) is 100 Å².